The lowest BCUT2D eigenvalue weighted by molar-refractivity contribution is -0.117. The SMILES string of the molecule is O=C(Nc1ccc(Cl)c(Cl)c1)c1cc(NC(=O)[C@H]2[C@H](c3cc(Cl)cc(Cl)c3)C2(Cl)Cl)ccc1Cl. The van der Waals surface area contributed by atoms with Crippen molar-refractivity contribution in [3.63, 3.8) is 0 Å². The second kappa shape index (κ2) is 9.94. The lowest BCUT2D eigenvalue weighted by atomic mass is 10.1. The van der Waals surface area contributed by atoms with Crippen LogP contribution in [-0.4, -0.2) is 16.1 Å². The molecule has 176 valence electrons. The molecule has 1 aliphatic rings. The average Bonchev–Trinajstić information content (AvgIpc) is 3.33. The molecule has 0 unspecified atom stereocenters. The van der Waals surface area contributed by atoms with E-state index in [-0.39, 0.29) is 15.6 Å². The summed E-state index contributed by atoms with van der Waals surface area (Å²) in [5.74, 6) is -2.18. The van der Waals surface area contributed by atoms with Crippen LogP contribution in [0.2, 0.25) is 25.1 Å². The van der Waals surface area contributed by atoms with Crippen molar-refractivity contribution in [3.8, 4) is 0 Å². The van der Waals surface area contributed by atoms with Gasteiger partial charge >= 0.3 is 0 Å². The highest BCUT2D eigenvalue weighted by Crippen LogP contribution is 2.65. The number of carbonyl (C=O) groups excluding carboxylic acids is 2. The van der Waals surface area contributed by atoms with Crippen LogP contribution in [0.1, 0.15) is 21.8 Å². The molecule has 2 atom stereocenters. The minimum absolute atomic E-state index is 0.141. The summed E-state index contributed by atoms with van der Waals surface area (Å²) in [7, 11) is 0. The number of carbonyl (C=O) groups is 2. The second-order valence-corrected chi connectivity index (χ2v) is 11.1. The van der Waals surface area contributed by atoms with Gasteiger partial charge in [0.05, 0.1) is 26.5 Å². The Morgan fingerprint density at radius 3 is 1.91 bits per heavy atom. The molecule has 0 radical (unpaired) electrons. The Kier molecular flexibility index (Phi) is 7.52. The molecule has 1 aliphatic carbocycles. The van der Waals surface area contributed by atoms with Crippen molar-refractivity contribution in [2.75, 3.05) is 10.6 Å². The lowest BCUT2D eigenvalue weighted by Gasteiger charge is -2.11. The molecule has 3 aromatic rings. The van der Waals surface area contributed by atoms with Gasteiger partial charge in [0, 0.05) is 27.3 Å². The quantitative estimate of drug-likeness (QED) is 0.289. The van der Waals surface area contributed by atoms with E-state index in [1.807, 2.05) is 0 Å². The smallest absolute Gasteiger partial charge is 0.257 e. The van der Waals surface area contributed by atoms with Crippen LogP contribution >= 0.6 is 81.2 Å². The average molecular weight is 598 g/mol. The third kappa shape index (κ3) is 5.39. The minimum Gasteiger partial charge on any atom is -0.326 e. The van der Waals surface area contributed by atoms with Gasteiger partial charge in [-0.3, -0.25) is 9.59 Å². The summed E-state index contributed by atoms with van der Waals surface area (Å²) in [6.45, 7) is 0. The number of hydrogen-bond donors (Lipinski definition) is 2. The van der Waals surface area contributed by atoms with Crippen molar-refractivity contribution in [2.24, 2.45) is 5.92 Å². The number of nitrogens with one attached hydrogen (secondary N) is 2. The lowest BCUT2D eigenvalue weighted by Crippen LogP contribution is -2.18. The summed E-state index contributed by atoms with van der Waals surface area (Å²) in [4.78, 5) is 25.7. The number of halogens is 7. The number of benzene rings is 3. The zero-order valence-corrected chi connectivity index (χ0v) is 22.1. The third-order valence-electron chi connectivity index (χ3n) is 5.24. The highest BCUT2D eigenvalue weighted by atomic mass is 35.5. The van der Waals surface area contributed by atoms with Gasteiger partial charge in [-0.25, -0.2) is 0 Å². The fraction of sp³-hybridized carbons (Fsp3) is 0.130. The van der Waals surface area contributed by atoms with Crippen LogP contribution in [0.25, 0.3) is 0 Å². The Morgan fingerprint density at radius 2 is 1.29 bits per heavy atom. The van der Waals surface area contributed by atoms with Crippen LogP contribution in [0.4, 0.5) is 11.4 Å². The number of anilines is 2. The van der Waals surface area contributed by atoms with Gasteiger partial charge in [0.1, 0.15) is 4.33 Å². The van der Waals surface area contributed by atoms with Gasteiger partial charge in [0.25, 0.3) is 5.91 Å². The molecule has 1 saturated carbocycles. The Labute approximate surface area is 230 Å². The fourth-order valence-electron chi connectivity index (χ4n) is 3.59. The molecule has 1 fully saturated rings. The molecule has 0 aliphatic heterocycles. The number of alkyl halides is 2. The first-order valence-corrected chi connectivity index (χ1v) is 12.3. The first-order chi connectivity index (χ1) is 16.0. The third-order valence-corrected chi connectivity index (χ3v) is 7.68. The van der Waals surface area contributed by atoms with Crippen molar-refractivity contribution in [1.29, 1.82) is 0 Å². The predicted molar refractivity (Wildman–Crippen MR) is 142 cm³/mol. The molecule has 4 nitrogen and oxygen atoms in total. The maximum absolute atomic E-state index is 13.0. The topological polar surface area (TPSA) is 58.2 Å². The number of hydrogen-bond acceptors (Lipinski definition) is 2. The molecule has 4 rings (SSSR count). The highest BCUT2D eigenvalue weighted by molar-refractivity contribution is 6.53. The zero-order chi connectivity index (χ0) is 24.8. The van der Waals surface area contributed by atoms with Gasteiger partial charge in [-0.2, -0.15) is 0 Å². The molecule has 0 heterocycles. The van der Waals surface area contributed by atoms with E-state index in [9.17, 15) is 9.59 Å². The van der Waals surface area contributed by atoms with Crippen LogP contribution in [0.5, 0.6) is 0 Å². The predicted octanol–water partition coefficient (Wildman–Crippen LogP) is 8.73. The van der Waals surface area contributed by atoms with E-state index in [2.05, 4.69) is 10.6 Å². The van der Waals surface area contributed by atoms with Gasteiger partial charge in [0.15, 0.2) is 0 Å². The molecule has 2 N–H and O–H groups in total. The van der Waals surface area contributed by atoms with Gasteiger partial charge < -0.3 is 10.6 Å². The summed E-state index contributed by atoms with van der Waals surface area (Å²) in [6.07, 6.45) is 0. The van der Waals surface area contributed by atoms with Crippen molar-refractivity contribution in [1.82, 2.24) is 0 Å². The largest absolute Gasteiger partial charge is 0.326 e. The minimum atomic E-state index is -1.33. The molecule has 0 saturated heterocycles. The molecule has 0 spiro atoms. The summed E-state index contributed by atoms with van der Waals surface area (Å²) in [5.41, 5.74) is 1.57. The second-order valence-electron chi connectivity index (χ2n) is 7.60. The molecule has 3 aromatic carbocycles. The van der Waals surface area contributed by atoms with E-state index in [0.717, 1.165) is 0 Å². The maximum atomic E-state index is 13.0. The van der Waals surface area contributed by atoms with Gasteiger partial charge in [-0.1, -0.05) is 58.0 Å². The molecular formula is C23H13Cl7N2O2. The van der Waals surface area contributed by atoms with Crippen LogP contribution in [-0.2, 0) is 4.79 Å². The zero-order valence-electron chi connectivity index (χ0n) is 16.8. The first kappa shape index (κ1) is 25.7. The number of rotatable bonds is 5. The van der Waals surface area contributed by atoms with Crippen molar-refractivity contribution in [2.45, 2.75) is 10.3 Å². The summed E-state index contributed by atoms with van der Waals surface area (Å²) >= 11 is 43.1. The summed E-state index contributed by atoms with van der Waals surface area (Å²) in [5, 5.41) is 7.09. The normalized spacial score (nSPS) is 18.3. The van der Waals surface area contributed by atoms with E-state index in [1.165, 1.54) is 18.2 Å². The van der Waals surface area contributed by atoms with Gasteiger partial charge in [0.2, 0.25) is 5.91 Å². The van der Waals surface area contributed by atoms with Crippen LogP contribution < -0.4 is 10.6 Å². The molecule has 0 aromatic heterocycles. The monoisotopic (exact) mass is 594 g/mol. The van der Waals surface area contributed by atoms with Crippen LogP contribution in [0.3, 0.4) is 0 Å². The summed E-state index contributed by atoms with van der Waals surface area (Å²) in [6, 6.07) is 14.1. The van der Waals surface area contributed by atoms with E-state index in [0.29, 0.717) is 32.0 Å². The summed E-state index contributed by atoms with van der Waals surface area (Å²) < 4.78 is -1.33. The van der Waals surface area contributed by atoms with E-state index in [1.54, 1.807) is 36.4 Å². The van der Waals surface area contributed by atoms with Gasteiger partial charge in [-0.15, -0.1) is 23.2 Å². The molecule has 0 bridgehead atoms. The van der Waals surface area contributed by atoms with Crippen LogP contribution in [0, 0.1) is 5.92 Å². The molecular weight excluding hydrogens is 584 g/mol. The van der Waals surface area contributed by atoms with Crippen molar-refractivity contribution >= 4 is 104 Å². The van der Waals surface area contributed by atoms with Crippen LogP contribution in [0.15, 0.2) is 54.6 Å². The van der Waals surface area contributed by atoms with E-state index >= 15 is 0 Å². The molecule has 2 amide bonds. The Morgan fingerprint density at radius 1 is 0.706 bits per heavy atom. The van der Waals surface area contributed by atoms with E-state index in [4.69, 9.17) is 81.2 Å². The Bertz CT molecular complexity index is 1290. The van der Waals surface area contributed by atoms with Crippen molar-refractivity contribution in [3.05, 3.63) is 90.8 Å². The number of amides is 2. The Hall–Kier alpha value is -1.37. The first-order valence-electron chi connectivity index (χ1n) is 9.68. The fourth-order valence-corrected chi connectivity index (χ4v) is 5.46. The molecule has 11 heteroatoms. The van der Waals surface area contributed by atoms with E-state index < -0.39 is 28.0 Å². The molecule has 34 heavy (non-hydrogen) atoms. The Balaban J connectivity index is 1.51. The standard InChI is InChI=1S/C23H13Cl7N2O2/c24-11-5-10(6-12(25)7-11)19-20(23(19,29)30)22(34)32-13-1-3-16(26)15(8-13)21(33)31-14-2-4-17(27)18(28)9-14/h1-9,19-20H,(H,31,33)(H,32,34)/t19-,20+/m0/s1. The maximum Gasteiger partial charge on any atom is 0.257 e. The van der Waals surface area contributed by atoms with Gasteiger partial charge in [-0.05, 0) is 60.2 Å². The van der Waals surface area contributed by atoms with Crippen molar-refractivity contribution < 1.29 is 9.59 Å². The highest BCUT2D eigenvalue weighted by Gasteiger charge is 2.67.